The van der Waals surface area contributed by atoms with Crippen molar-refractivity contribution in [3.05, 3.63) is 0 Å². The highest BCUT2D eigenvalue weighted by molar-refractivity contribution is 5.68. The van der Waals surface area contributed by atoms with Gasteiger partial charge in [-0.15, -0.1) is 0 Å². The topological polar surface area (TPSA) is 78.9 Å². The highest BCUT2D eigenvalue weighted by Gasteiger charge is 2.23. The Morgan fingerprint density at radius 3 is 2.59 bits per heavy atom. The first kappa shape index (κ1) is 13.6. The van der Waals surface area contributed by atoms with Gasteiger partial charge in [-0.25, -0.2) is 9.59 Å². The summed E-state index contributed by atoms with van der Waals surface area (Å²) in [5, 5.41) is 11.5. The molecule has 1 rings (SSSR count). The van der Waals surface area contributed by atoms with Gasteiger partial charge >= 0.3 is 12.2 Å². The van der Waals surface area contributed by atoms with Gasteiger partial charge in [-0.1, -0.05) is 13.3 Å². The van der Waals surface area contributed by atoms with Crippen LogP contribution < -0.4 is 5.32 Å². The standard InChI is InChI=1S/C11H20N2O4/c1-2-3-8-17-10(14)12-9-4-6-13(7-5-9)11(15)16/h9H,2-8H2,1H3,(H,12,14)(H,15,16). The third-order valence-electron chi connectivity index (χ3n) is 2.82. The molecule has 6 heteroatoms. The number of ether oxygens (including phenoxy) is 1. The monoisotopic (exact) mass is 244 g/mol. The molecule has 17 heavy (non-hydrogen) atoms. The largest absolute Gasteiger partial charge is 0.465 e. The molecule has 0 aromatic carbocycles. The van der Waals surface area contributed by atoms with Crippen LogP contribution in [-0.4, -0.2) is 47.9 Å². The van der Waals surface area contributed by atoms with E-state index in [0.717, 1.165) is 12.8 Å². The van der Waals surface area contributed by atoms with Crippen LogP contribution in [0.25, 0.3) is 0 Å². The molecule has 0 saturated carbocycles. The van der Waals surface area contributed by atoms with Crippen LogP contribution >= 0.6 is 0 Å². The lowest BCUT2D eigenvalue weighted by atomic mass is 10.1. The summed E-state index contributed by atoms with van der Waals surface area (Å²) in [6, 6.07) is 0.0275. The van der Waals surface area contributed by atoms with Crippen molar-refractivity contribution >= 4 is 12.2 Å². The lowest BCUT2D eigenvalue weighted by Crippen LogP contribution is -2.46. The quantitative estimate of drug-likeness (QED) is 0.737. The first-order valence-electron chi connectivity index (χ1n) is 6.04. The molecule has 0 aromatic rings. The number of rotatable bonds is 4. The summed E-state index contributed by atoms with van der Waals surface area (Å²) >= 11 is 0. The molecule has 1 saturated heterocycles. The highest BCUT2D eigenvalue weighted by atomic mass is 16.5. The van der Waals surface area contributed by atoms with E-state index < -0.39 is 12.2 Å². The molecule has 1 aliphatic heterocycles. The lowest BCUT2D eigenvalue weighted by Gasteiger charge is -2.30. The first-order valence-corrected chi connectivity index (χ1v) is 6.04. The molecule has 2 N–H and O–H groups in total. The van der Waals surface area contributed by atoms with E-state index in [1.54, 1.807) is 0 Å². The summed E-state index contributed by atoms with van der Waals surface area (Å²) in [6.07, 6.45) is 1.86. The summed E-state index contributed by atoms with van der Waals surface area (Å²) in [7, 11) is 0. The number of piperidine rings is 1. The van der Waals surface area contributed by atoms with Crippen molar-refractivity contribution in [1.29, 1.82) is 0 Å². The van der Waals surface area contributed by atoms with Crippen LogP contribution in [0, 0.1) is 0 Å². The molecule has 1 fully saturated rings. The second kappa shape index (κ2) is 6.98. The normalized spacial score (nSPS) is 16.6. The average molecular weight is 244 g/mol. The van der Waals surface area contributed by atoms with Crippen molar-refractivity contribution in [2.24, 2.45) is 0 Å². The molecule has 0 unspecified atom stereocenters. The van der Waals surface area contributed by atoms with Gasteiger partial charge in [0.25, 0.3) is 0 Å². The number of alkyl carbamates (subject to hydrolysis) is 1. The fourth-order valence-corrected chi connectivity index (χ4v) is 1.73. The van der Waals surface area contributed by atoms with Crippen LogP contribution in [-0.2, 0) is 4.74 Å². The number of hydrogen-bond acceptors (Lipinski definition) is 3. The number of nitrogens with zero attached hydrogens (tertiary/aromatic N) is 1. The summed E-state index contributed by atoms with van der Waals surface area (Å²) in [4.78, 5) is 23.4. The van der Waals surface area contributed by atoms with Crippen molar-refractivity contribution < 1.29 is 19.4 Å². The Kier molecular flexibility index (Phi) is 5.59. The third kappa shape index (κ3) is 4.93. The summed E-state index contributed by atoms with van der Waals surface area (Å²) in [5.41, 5.74) is 0. The van der Waals surface area contributed by atoms with E-state index in [-0.39, 0.29) is 6.04 Å². The molecule has 0 atom stereocenters. The summed E-state index contributed by atoms with van der Waals surface area (Å²) < 4.78 is 4.98. The van der Waals surface area contributed by atoms with Crippen molar-refractivity contribution in [1.82, 2.24) is 10.2 Å². The zero-order valence-corrected chi connectivity index (χ0v) is 10.1. The molecule has 2 amide bonds. The number of nitrogens with one attached hydrogen (secondary N) is 1. The fourth-order valence-electron chi connectivity index (χ4n) is 1.73. The van der Waals surface area contributed by atoms with Crippen LogP contribution in [0.2, 0.25) is 0 Å². The van der Waals surface area contributed by atoms with Gasteiger partial charge in [0.2, 0.25) is 0 Å². The van der Waals surface area contributed by atoms with E-state index in [1.165, 1.54) is 4.90 Å². The van der Waals surface area contributed by atoms with E-state index in [2.05, 4.69) is 5.32 Å². The Labute approximate surface area is 101 Å². The second-order valence-corrected chi connectivity index (χ2v) is 4.18. The predicted octanol–water partition coefficient (Wildman–Crippen LogP) is 1.66. The van der Waals surface area contributed by atoms with Crippen molar-refractivity contribution in [2.45, 2.75) is 38.6 Å². The number of carboxylic acid groups (broad SMARTS) is 1. The number of hydrogen-bond donors (Lipinski definition) is 2. The molecule has 0 aromatic heterocycles. The maximum Gasteiger partial charge on any atom is 0.407 e. The van der Waals surface area contributed by atoms with Crippen LogP contribution in [0.4, 0.5) is 9.59 Å². The molecule has 1 aliphatic rings. The van der Waals surface area contributed by atoms with Crippen molar-refractivity contribution in [3.63, 3.8) is 0 Å². The van der Waals surface area contributed by atoms with Gasteiger partial charge in [-0.05, 0) is 19.3 Å². The van der Waals surface area contributed by atoms with E-state index in [9.17, 15) is 9.59 Å². The Morgan fingerprint density at radius 1 is 1.41 bits per heavy atom. The Balaban J connectivity index is 2.17. The average Bonchev–Trinajstić information content (AvgIpc) is 2.30. The van der Waals surface area contributed by atoms with E-state index >= 15 is 0 Å². The van der Waals surface area contributed by atoms with E-state index in [4.69, 9.17) is 9.84 Å². The first-order chi connectivity index (χ1) is 8.13. The van der Waals surface area contributed by atoms with E-state index in [0.29, 0.717) is 32.5 Å². The number of carbonyl (C=O) groups excluding carboxylic acids is 1. The fraction of sp³-hybridized carbons (Fsp3) is 0.818. The van der Waals surface area contributed by atoms with Gasteiger partial charge in [0.15, 0.2) is 0 Å². The van der Waals surface area contributed by atoms with Gasteiger partial charge < -0.3 is 20.1 Å². The summed E-state index contributed by atoms with van der Waals surface area (Å²) in [6.45, 7) is 3.41. The van der Waals surface area contributed by atoms with Gasteiger partial charge in [0.1, 0.15) is 0 Å². The minimum absolute atomic E-state index is 0.0275. The number of carbonyl (C=O) groups is 2. The lowest BCUT2D eigenvalue weighted by molar-refractivity contribution is 0.119. The SMILES string of the molecule is CCCCOC(=O)NC1CCN(C(=O)O)CC1. The summed E-state index contributed by atoms with van der Waals surface area (Å²) in [5.74, 6) is 0. The number of likely N-dealkylation sites (tertiary alicyclic amines) is 1. The molecule has 0 radical (unpaired) electrons. The van der Waals surface area contributed by atoms with Crippen LogP contribution in [0.5, 0.6) is 0 Å². The molecule has 0 spiro atoms. The number of unbranched alkanes of at least 4 members (excludes halogenated alkanes) is 1. The van der Waals surface area contributed by atoms with Gasteiger partial charge in [0, 0.05) is 19.1 Å². The molecule has 0 bridgehead atoms. The third-order valence-corrected chi connectivity index (χ3v) is 2.82. The zero-order valence-electron chi connectivity index (χ0n) is 10.1. The zero-order chi connectivity index (χ0) is 12.7. The Hall–Kier alpha value is -1.46. The molecule has 98 valence electrons. The second-order valence-electron chi connectivity index (χ2n) is 4.18. The van der Waals surface area contributed by atoms with Gasteiger partial charge in [-0.3, -0.25) is 0 Å². The smallest absolute Gasteiger partial charge is 0.407 e. The Morgan fingerprint density at radius 2 is 2.06 bits per heavy atom. The maximum atomic E-state index is 11.3. The van der Waals surface area contributed by atoms with Crippen molar-refractivity contribution in [2.75, 3.05) is 19.7 Å². The number of amides is 2. The highest BCUT2D eigenvalue weighted by Crippen LogP contribution is 2.10. The Bertz CT molecular complexity index is 262. The maximum absolute atomic E-state index is 11.3. The molecule has 1 heterocycles. The van der Waals surface area contributed by atoms with Crippen LogP contribution in [0.1, 0.15) is 32.6 Å². The molecular weight excluding hydrogens is 224 g/mol. The van der Waals surface area contributed by atoms with Gasteiger partial charge in [-0.2, -0.15) is 0 Å². The predicted molar refractivity (Wildman–Crippen MR) is 62.0 cm³/mol. The van der Waals surface area contributed by atoms with Crippen molar-refractivity contribution in [3.8, 4) is 0 Å². The molecule has 0 aliphatic carbocycles. The molecule has 6 nitrogen and oxygen atoms in total. The minimum Gasteiger partial charge on any atom is -0.465 e. The van der Waals surface area contributed by atoms with Gasteiger partial charge in [0.05, 0.1) is 6.61 Å². The van der Waals surface area contributed by atoms with E-state index in [1.807, 2.05) is 6.92 Å². The molecular formula is C11H20N2O4. The van der Waals surface area contributed by atoms with Crippen LogP contribution in [0.3, 0.4) is 0 Å². The van der Waals surface area contributed by atoms with Crippen LogP contribution in [0.15, 0.2) is 0 Å². The minimum atomic E-state index is -0.894.